The minimum absolute atomic E-state index is 0.710. The molecule has 2 N–H and O–H groups in total. The predicted molar refractivity (Wildman–Crippen MR) is 78.6 cm³/mol. The van der Waals surface area contributed by atoms with Crippen molar-refractivity contribution in [3.8, 4) is 5.69 Å². The zero-order chi connectivity index (χ0) is 13.5. The fourth-order valence-electron chi connectivity index (χ4n) is 2.40. The molecule has 0 atom stereocenters. The van der Waals surface area contributed by atoms with Gasteiger partial charge in [0.2, 0.25) is 0 Å². The van der Waals surface area contributed by atoms with E-state index in [1.54, 1.807) is 10.9 Å². The summed E-state index contributed by atoms with van der Waals surface area (Å²) in [5.74, 6) is 0. The molecule has 0 aliphatic rings. The second-order valence-electron chi connectivity index (χ2n) is 4.56. The number of hydrogen-bond acceptors (Lipinski definition) is 4. The van der Waals surface area contributed by atoms with Gasteiger partial charge in [0.15, 0.2) is 0 Å². The van der Waals surface area contributed by atoms with Gasteiger partial charge in [0.1, 0.15) is 5.52 Å². The van der Waals surface area contributed by atoms with Gasteiger partial charge in [0, 0.05) is 17.3 Å². The molecule has 5 heteroatoms. The summed E-state index contributed by atoms with van der Waals surface area (Å²) in [6.07, 6.45) is 1.75. The summed E-state index contributed by atoms with van der Waals surface area (Å²) < 4.78 is 1.80. The van der Waals surface area contributed by atoms with Crippen LogP contribution in [0.3, 0.4) is 0 Å². The lowest BCUT2D eigenvalue weighted by molar-refractivity contribution is 0.827. The number of nitrogens with zero attached hydrogens (tertiary/aromatic N) is 4. The SMILES string of the molecule is Nc1ccc(-n2nnc3ccccc32)c2ncccc12. The molecule has 0 saturated heterocycles. The molecule has 4 rings (SSSR count). The van der Waals surface area contributed by atoms with Crippen LogP contribution < -0.4 is 5.73 Å². The van der Waals surface area contributed by atoms with Crippen molar-refractivity contribution in [2.75, 3.05) is 5.73 Å². The summed E-state index contributed by atoms with van der Waals surface area (Å²) >= 11 is 0. The Labute approximate surface area is 114 Å². The molecule has 96 valence electrons. The van der Waals surface area contributed by atoms with Gasteiger partial charge in [-0.3, -0.25) is 4.98 Å². The zero-order valence-electron chi connectivity index (χ0n) is 10.6. The molecule has 0 fully saturated rings. The second-order valence-corrected chi connectivity index (χ2v) is 4.56. The molecule has 0 amide bonds. The van der Waals surface area contributed by atoms with Gasteiger partial charge in [-0.15, -0.1) is 5.10 Å². The van der Waals surface area contributed by atoms with E-state index in [0.717, 1.165) is 27.6 Å². The van der Waals surface area contributed by atoms with Gasteiger partial charge < -0.3 is 5.73 Å². The van der Waals surface area contributed by atoms with Crippen LogP contribution in [0.2, 0.25) is 0 Å². The standard InChI is InChI=1S/C15H11N5/c16-11-7-8-14(15-10(11)4-3-9-17-15)20-13-6-2-1-5-12(13)18-19-20/h1-9H,16H2. The van der Waals surface area contributed by atoms with Crippen LogP contribution in [-0.2, 0) is 0 Å². The van der Waals surface area contributed by atoms with E-state index < -0.39 is 0 Å². The summed E-state index contributed by atoms with van der Waals surface area (Å²) in [6.45, 7) is 0. The Hall–Kier alpha value is -2.95. The topological polar surface area (TPSA) is 69.6 Å². The summed E-state index contributed by atoms with van der Waals surface area (Å²) in [5.41, 5.74) is 10.2. The number of anilines is 1. The van der Waals surface area contributed by atoms with E-state index in [9.17, 15) is 0 Å². The molecule has 20 heavy (non-hydrogen) atoms. The van der Waals surface area contributed by atoms with Crippen molar-refractivity contribution in [3.63, 3.8) is 0 Å². The summed E-state index contributed by atoms with van der Waals surface area (Å²) in [7, 11) is 0. The molecule has 0 unspecified atom stereocenters. The first kappa shape index (κ1) is 10.9. The fourth-order valence-corrected chi connectivity index (χ4v) is 2.40. The Bertz CT molecular complexity index is 926. The maximum atomic E-state index is 6.01. The third kappa shape index (κ3) is 1.46. The highest BCUT2D eigenvalue weighted by atomic mass is 15.4. The number of nitrogen functional groups attached to an aromatic ring is 1. The lowest BCUT2D eigenvalue weighted by atomic mass is 10.1. The minimum Gasteiger partial charge on any atom is -0.398 e. The maximum absolute atomic E-state index is 6.01. The average Bonchev–Trinajstić information content (AvgIpc) is 2.92. The highest BCUT2D eigenvalue weighted by Gasteiger charge is 2.11. The van der Waals surface area contributed by atoms with Crippen LogP contribution in [0.1, 0.15) is 0 Å². The molecule has 0 spiro atoms. The van der Waals surface area contributed by atoms with Crippen LogP contribution in [0, 0.1) is 0 Å². The molecule has 0 aliphatic heterocycles. The van der Waals surface area contributed by atoms with Crippen LogP contribution in [0.25, 0.3) is 27.6 Å². The minimum atomic E-state index is 0.710. The van der Waals surface area contributed by atoms with Crippen molar-refractivity contribution in [1.29, 1.82) is 0 Å². The number of nitrogens with two attached hydrogens (primary N) is 1. The highest BCUT2D eigenvalue weighted by molar-refractivity contribution is 5.96. The molecule has 0 aliphatic carbocycles. The largest absolute Gasteiger partial charge is 0.398 e. The van der Waals surface area contributed by atoms with Crippen LogP contribution in [-0.4, -0.2) is 20.0 Å². The van der Waals surface area contributed by atoms with Crippen LogP contribution in [0.15, 0.2) is 54.7 Å². The first-order valence-electron chi connectivity index (χ1n) is 6.28. The third-order valence-electron chi connectivity index (χ3n) is 3.36. The molecular formula is C15H11N5. The molecule has 0 saturated carbocycles. The molecular weight excluding hydrogens is 250 g/mol. The first-order chi connectivity index (χ1) is 9.84. The Morgan fingerprint density at radius 2 is 1.85 bits per heavy atom. The fraction of sp³-hybridized carbons (Fsp3) is 0. The Morgan fingerprint density at radius 3 is 2.80 bits per heavy atom. The van der Waals surface area contributed by atoms with Gasteiger partial charge in [0.25, 0.3) is 0 Å². The van der Waals surface area contributed by atoms with E-state index in [2.05, 4.69) is 15.3 Å². The predicted octanol–water partition coefficient (Wildman–Crippen LogP) is 2.55. The Morgan fingerprint density at radius 1 is 0.950 bits per heavy atom. The van der Waals surface area contributed by atoms with Gasteiger partial charge >= 0.3 is 0 Å². The van der Waals surface area contributed by atoms with Gasteiger partial charge in [-0.25, -0.2) is 4.68 Å². The van der Waals surface area contributed by atoms with E-state index in [4.69, 9.17) is 5.73 Å². The van der Waals surface area contributed by atoms with Gasteiger partial charge in [0.05, 0.1) is 16.7 Å². The molecule has 2 aromatic heterocycles. The third-order valence-corrected chi connectivity index (χ3v) is 3.36. The van der Waals surface area contributed by atoms with Crippen LogP contribution in [0.5, 0.6) is 0 Å². The van der Waals surface area contributed by atoms with E-state index in [0.29, 0.717) is 5.69 Å². The molecule has 4 aromatic rings. The van der Waals surface area contributed by atoms with E-state index >= 15 is 0 Å². The average molecular weight is 261 g/mol. The van der Waals surface area contributed by atoms with Gasteiger partial charge in [-0.2, -0.15) is 0 Å². The van der Waals surface area contributed by atoms with E-state index in [-0.39, 0.29) is 0 Å². The second kappa shape index (κ2) is 4.03. The molecule has 5 nitrogen and oxygen atoms in total. The quantitative estimate of drug-likeness (QED) is 0.534. The first-order valence-corrected chi connectivity index (χ1v) is 6.28. The van der Waals surface area contributed by atoms with Crippen molar-refractivity contribution < 1.29 is 0 Å². The lowest BCUT2D eigenvalue weighted by Gasteiger charge is -2.08. The number of aromatic nitrogens is 4. The monoisotopic (exact) mass is 261 g/mol. The number of benzene rings is 2. The number of pyridine rings is 1. The van der Waals surface area contributed by atoms with Crippen LogP contribution >= 0.6 is 0 Å². The zero-order valence-corrected chi connectivity index (χ0v) is 10.6. The summed E-state index contributed by atoms with van der Waals surface area (Å²) in [6, 6.07) is 15.5. The number of rotatable bonds is 1. The number of para-hydroxylation sites is 1. The maximum Gasteiger partial charge on any atom is 0.113 e. The molecule has 2 heterocycles. The van der Waals surface area contributed by atoms with Crippen molar-refractivity contribution in [2.24, 2.45) is 0 Å². The van der Waals surface area contributed by atoms with Crippen molar-refractivity contribution in [2.45, 2.75) is 0 Å². The summed E-state index contributed by atoms with van der Waals surface area (Å²) in [5, 5.41) is 9.33. The number of hydrogen-bond donors (Lipinski definition) is 1. The van der Waals surface area contributed by atoms with Crippen molar-refractivity contribution in [3.05, 3.63) is 54.7 Å². The highest BCUT2D eigenvalue weighted by Crippen LogP contribution is 2.26. The Balaban J connectivity index is 2.10. The van der Waals surface area contributed by atoms with Crippen molar-refractivity contribution >= 4 is 27.6 Å². The Kier molecular flexibility index (Phi) is 2.20. The van der Waals surface area contributed by atoms with Crippen LogP contribution in [0.4, 0.5) is 5.69 Å². The lowest BCUT2D eigenvalue weighted by Crippen LogP contribution is -2.00. The smallest absolute Gasteiger partial charge is 0.113 e. The molecule has 2 aromatic carbocycles. The normalized spacial score (nSPS) is 11.2. The van der Waals surface area contributed by atoms with E-state index in [1.165, 1.54) is 0 Å². The number of fused-ring (bicyclic) bond motifs is 2. The van der Waals surface area contributed by atoms with Gasteiger partial charge in [-0.1, -0.05) is 17.3 Å². The van der Waals surface area contributed by atoms with Gasteiger partial charge in [-0.05, 0) is 36.4 Å². The molecule has 0 radical (unpaired) electrons. The van der Waals surface area contributed by atoms with E-state index in [1.807, 2.05) is 48.5 Å². The van der Waals surface area contributed by atoms with Crippen molar-refractivity contribution in [1.82, 2.24) is 20.0 Å². The molecule has 0 bridgehead atoms. The summed E-state index contributed by atoms with van der Waals surface area (Å²) in [4.78, 5) is 4.44.